The fourth-order valence-electron chi connectivity index (χ4n) is 7.85. The molecule has 4 aliphatic carbocycles. The van der Waals surface area contributed by atoms with Gasteiger partial charge in [-0.25, -0.2) is 0 Å². The van der Waals surface area contributed by atoms with Crippen molar-refractivity contribution >= 4 is 35.4 Å². The molecule has 0 heterocycles. The lowest BCUT2D eigenvalue weighted by Gasteiger charge is -2.58. The number of thioether (sulfide) groups is 1. The van der Waals surface area contributed by atoms with Gasteiger partial charge in [0.25, 0.3) is 0 Å². The Labute approximate surface area is 254 Å². The lowest BCUT2D eigenvalue weighted by atomic mass is 9.53. The number of hydrogen-bond acceptors (Lipinski definition) is 6. The van der Waals surface area contributed by atoms with Crippen LogP contribution >= 0.6 is 11.8 Å². The number of hydrogen-bond donors (Lipinski definition) is 4. The van der Waals surface area contributed by atoms with Crippen LogP contribution in [0.3, 0.4) is 0 Å². The smallest absolute Gasteiger partial charge is 0.243 e. The van der Waals surface area contributed by atoms with Gasteiger partial charge in [-0.1, -0.05) is 44.2 Å². The van der Waals surface area contributed by atoms with Gasteiger partial charge in [0.2, 0.25) is 23.6 Å². The van der Waals surface area contributed by atoms with E-state index in [-0.39, 0.29) is 30.3 Å². The predicted molar refractivity (Wildman–Crippen MR) is 166 cm³/mol. The summed E-state index contributed by atoms with van der Waals surface area (Å²) in [6.07, 6.45) is 8.76. The van der Waals surface area contributed by atoms with E-state index in [2.05, 4.69) is 10.6 Å². The Balaban J connectivity index is 1.51. The van der Waals surface area contributed by atoms with E-state index in [1.54, 1.807) is 16.7 Å². The SMILES string of the molecule is CSCC[C@@H](NC(=O)[C@@H](N)CC(C)C)C(=O)NCC(=O)N(C1C2CC3CC(C2)CC1C3)[C@@H](Cc1ccccc1)C(N)=O. The van der Waals surface area contributed by atoms with Gasteiger partial charge >= 0.3 is 0 Å². The molecule has 4 amide bonds. The molecule has 9 nitrogen and oxygen atoms in total. The minimum absolute atomic E-state index is 0.0653. The van der Waals surface area contributed by atoms with E-state index in [4.69, 9.17) is 11.5 Å². The fraction of sp³-hybridized carbons (Fsp3) is 0.688. The van der Waals surface area contributed by atoms with Crippen LogP contribution in [0.15, 0.2) is 30.3 Å². The van der Waals surface area contributed by atoms with Crippen LogP contribution in [0.5, 0.6) is 0 Å². The molecule has 0 radical (unpaired) electrons. The molecular weight excluding hydrogens is 550 g/mol. The van der Waals surface area contributed by atoms with Crippen molar-refractivity contribution in [3.05, 3.63) is 35.9 Å². The van der Waals surface area contributed by atoms with Crippen molar-refractivity contribution in [3.63, 3.8) is 0 Å². The number of benzene rings is 1. The number of rotatable bonds is 15. The van der Waals surface area contributed by atoms with Crippen LogP contribution in [-0.4, -0.2) is 71.2 Å². The Bertz CT molecular complexity index is 1070. The number of nitrogens with one attached hydrogen (secondary N) is 2. The van der Waals surface area contributed by atoms with Crippen LogP contribution in [0, 0.1) is 29.6 Å². The number of carbonyl (C=O) groups is 4. The maximum absolute atomic E-state index is 14.1. The minimum Gasteiger partial charge on any atom is -0.368 e. The third-order valence-corrected chi connectivity index (χ3v) is 10.1. The molecule has 42 heavy (non-hydrogen) atoms. The molecule has 10 heteroatoms. The van der Waals surface area contributed by atoms with Crippen LogP contribution in [-0.2, 0) is 25.6 Å². The predicted octanol–water partition coefficient (Wildman–Crippen LogP) is 2.46. The Morgan fingerprint density at radius 3 is 2.14 bits per heavy atom. The summed E-state index contributed by atoms with van der Waals surface area (Å²) in [5.41, 5.74) is 13.0. The van der Waals surface area contributed by atoms with Crippen molar-refractivity contribution < 1.29 is 19.2 Å². The third-order valence-electron chi connectivity index (χ3n) is 9.44. The Kier molecular flexibility index (Phi) is 11.3. The van der Waals surface area contributed by atoms with E-state index in [1.165, 1.54) is 6.42 Å². The topological polar surface area (TPSA) is 148 Å². The molecule has 4 saturated carbocycles. The van der Waals surface area contributed by atoms with Gasteiger partial charge in [-0.05, 0) is 92.1 Å². The average molecular weight is 600 g/mol. The first-order chi connectivity index (χ1) is 20.1. The maximum atomic E-state index is 14.1. The molecule has 6 N–H and O–H groups in total. The van der Waals surface area contributed by atoms with Gasteiger partial charge in [0.1, 0.15) is 12.1 Å². The van der Waals surface area contributed by atoms with E-state index < -0.39 is 29.9 Å². The Morgan fingerprint density at radius 2 is 1.60 bits per heavy atom. The van der Waals surface area contributed by atoms with Crippen LogP contribution in [0.4, 0.5) is 0 Å². The first-order valence-corrected chi connectivity index (χ1v) is 16.9. The van der Waals surface area contributed by atoms with Crippen molar-refractivity contribution in [2.24, 2.45) is 41.1 Å². The number of nitrogens with two attached hydrogens (primary N) is 2. The molecule has 0 aliphatic heterocycles. The van der Waals surface area contributed by atoms with Gasteiger partial charge in [0, 0.05) is 12.5 Å². The highest BCUT2D eigenvalue weighted by atomic mass is 32.2. The standard InChI is InChI=1S/C32H49N5O4S/c1-19(2)11-25(33)31(40)36-26(9-10-42-3)32(41)35-18-28(38)37(27(30(34)39)17-20-7-5-4-6-8-20)29-23-13-21-12-22(15-23)16-24(29)14-21/h4-8,19,21-27,29H,9-18,33H2,1-3H3,(H2,34,39)(H,35,41)(H,36,40)/t21?,22?,23?,24?,25-,26+,27-,29?/m0/s1. The molecule has 0 saturated heterocycles. The zero-order chi connectivity index (χ0) is 30.4. The maximum Gasteiger partial charge on any atom is 0.243 e. The van der Waals surface area contributed by atoms with Gasteiger partial charge in [-0.3, -0.25) is 19.2 Å². The molecule has 4 bridgehead atoms. The summed E-state index contributed by atoms with van der Waals surface area (Å²) < 4.78 is 0. The fourth-order valence-corrected chi connectivity index (χ4v) is 8.32. The average Bonchev–Trinajstić information content (AvgIpc) is 2.94. The number of carbonyl (C=O) groups excluding carboxylic acids is 4. The summed E-state index contributed by atoms with van der Waals surface area (Å²) in [5, 5.41) is 5.59. The summed E-state index contributed by atoms with van der Waals surface area (Å²) in [4.78, 5) is 54.9. The third kappa shape index (κ3) is 8.07. The van der Waals surface area contributed by atoms with Crippen molar-refractivity contribution in [2.75, 3.05) is 18.6 Å². The number of nitrogens with zero attached hydrogens (tertiary/aromatic N) is 1. The lowest BCUT2D eigenvalue weighted by molar-refractivity contribution is -0.153. The molecule has 4 fully saturated rings. The summed E-state index contributed by atoms with van der Waals surface area (Å²) in [6, 6.07) is 7.25. The Hall–Kier alpha value is -2.59. The van der Waals surface area contributed by atoms with E-state index in [9.17, 15) is 19.2 Å². The van der Waals surface area contributed by atoms with E-state index in [0.717, 1.165) is 31.2 Å². The van der Waals surface area contributed by atoms with Crippen LogP contribution in [0.2, 0.25) is 0 Å². The van der Waals surface area contributed by atoms with E-state index in [0.29, 0.717) is 48.7 Å². The first-order valence-electron chi connectivity index (χ1n) is 15.5. The molecular formula is C32H49N5O4S. The molecule has 5 rings (SSSR count). The van der Waals surface area contributed by atoms with Gasteiger partial charge in [-0.2, -0.15) is 11.8 Å². The zero-order valence-electron chi connectivity index (χ0n) is 25.3. The normalized spacial score (nSPS) is 26.4. The highest BCUT2D eigenvalue weighted by molar-refractivity contribution is 7.98. The summed E-state index contributed by atoms with van der Waals surface area (Å²) >= 11 is 1.57. The van der Waals surface area contributed by atoms with Gasteiger partial charge in [-0.15, -0.1) is 0 Å². The van der Waals surface area contributed by atoms with Crippen LogP contribution in [0.1, 0.15) is 64.4 Å². The van der Waals surface area contributed by atoms with Crippen molar-refractivity contribution in [1.82, 2.24) is 15.5 Å². The second-order valence-electron chi connectivity index (χ2n) is 13.1. The van der Waals surface area contributed by atoms with Gasteiger partial charge in [0.15, 0.2) is 0 Å². The Morgan fingerprint density at radius 1 is 0.976 bits per heavy atom. The zero-order valence-corrected chi connectivity index (χ0v) is 26.1. The largest absolute Gasteiger partial charge is 0.368 e. The highest BCUT2D eigenvalue weighted by Crippen LogP contribution is 2.55. The summed E-state index contributed by atoms with van der Waals surface area (Å²) in [7, 11) is 0. The van der Waals surface area contributed by atoms with Crippen LogP contribution < -0.4 is 22.1 Å². The van der Waals surface area contributed by atoms with Crippen molar-refractivity contribution in [3.8, 4) is 0 Å². The summed E-state index contributed by atoms with van der Waals surface area (Å²) in [6.45, 7) is 3.72. The monoisotopic (exact) mass is 599 g/mol. The molecule has 3 atom stereocenters. The van der Waals surface area contributed by atoms with Crippen LogP contribution in [0.25, 0.3) is 0 Å². The molecule has 1 aromatic carbocycles. The number of primary amides is 1. The molecule has 1 aromatic rings. The van der Waals surface area contributed by atoms with Gasteiger partial charge < -0.3 is 27.0 Å². The lowest BCUT2D eigenvalue weighted by Crippen LogP contribution is -2.64. The molecule has 0 spiro atoms. The molecule has 232 valence electrons. The summed E-state index contributed by atoms with van der Waals surface area (Å²) in [5.74, 6) is 1.36. The minimum atomic E-state index is -0.805. The second kappa shape index (κ2) is 14.7. The van der Waals surface area contributed by atoms with Gasteiger partial charge in [0.05, 0.1) is 12.6 Å². The van der Waals surface area contributed by atoms with Crippen molar-refractivity contribution in [2.45, 2.75) is 89.4 Å². The molecule has 0 unspecified atom stereocenters. The molecule has 4 aliphatic rings. The van der Waals surface area contributed by atoms with E-state index >= 15 is 0 Å². The quantitative estimate of drug-likeness (QED) is 0.244. The first kappa shape index (κ1) is 32.3. The number of amides is 4. The molecule has 0 aromatic heterocycles. The second-order valence-corrected chi connectivity index (χ2v) is 14.1. The highest BCUT2D eigenvalue weighted by Gasteiger charge is 2.52. The van der Waals surface area contributed by atoms with Crippen molar-refractivity contribution in [1.29, 1.82) is 0 Å². The van der Waals surface area contributed by atoms with E-state index in [1.807, 2.05) is 50.4 Å².